The Morgan fingerprint density at radius 3 is 2.33 bits per heavy atom. The van der Waals surface area contributed by atoms with Crippen LogP contribution in [0.3, 0.4) is 0 Å². The molecule has 0 radical (unpaired) electrons. The van der Waals surface area contributed by atoms with Crippen LogP contribution in [0.15, 0.2) is 71.8 Å². The van der Waals surface area contributed by atoms with Crippen molar-refractivity contribution in [2.24, 2.45) is 5.73 Å². The SMILES string of the molecule is CN(C)C(CC(N)=O)c1cnc(-c2cccc(Cn3nc(-c4cc(F)cc(F)c4)ccc3=O)c2)nc1. The van der Waals surface area contributed by atoms with E-state index in [1.54, 1.807) is 12.4 Å². The summed E-state index contributed by atoms with van der Waals surface area (Å²) in [5.74, 6) is -1.40. The minimum absolute atomic E-state index is 0.137. The number of rotatable bonds is 8. The van der Waals surface area contributed by atoms with E-state index >= 15 is 0 Å². The largest absolute Gasteiger partial charge is 0.370 e. The van der Waals surface area contributed by atoms with E-state index in [1.807, 2.05) is 43.3 Å². The van der Waals surface area contributed by atoms with Crippen molar-refractivity contribution in [2.45, 2.75) is 19.0 Å². The van der Waals surface area contributed by atoms with Crippen molar-refractivity contribution >= 4 is 5.91 Å². The Hall–Kier alpha value is -4.31. The van der Waals surface area contributed by atoms with Crippen LogP contribution in [0.2, 0.25) is 0 Å². The number of benzene rings is 2. The molecule has 0 bridgehead atoms. The average molecular weight is 491 g/mol. The van der Waals surface area contributed by atoms with E-state index in [9.17, 15) is 18.4 Å². The fourth-order valence-corrected chi connectivity index (χ4v) is 3.85. The van der Waals surface area contributed by atoms with Crippen LogP contribution in [0, 0.1) is 11.6 Å². The Morgan fingerprint density at radius 2 is 1.69 bits per heavy atom. The summed E-state index contributed by atoms with van der Waals surface area (Å²) in [6.45, 7) is 0.137. The van der Waals surface area contributed by atoms with Crippen molar-refractivity contribution in [3.8, 4) is 22.6 Å². The van der Waals surface area contributed by atoms with Crippen LogP contribution in [-0.4, -0.2) is 44.7 Å². The molecule has 2 heterocycles. The van der Waals surface area contributed by atoms with Gasteiger partial charge in [0.1, 0.15) is 11.6 Å². The van der Waals surface area contributed by atoms with Crippen molar-refractivity contribution in [2.75, 3.05) is 14.1 Å². The van der Waals surface area contributed by atoms with Gasteiger partial charge in [0.05, 0.1) is 12.2 Å². The van der Waals surface area contributed by atoms with Crippen LogP contribution in [0.5, 0.6) is 0 Å². The molecule has 2 aromatic heterocycles. The molecule has 4 rings (SSSR count). The summed E-state index contributed by atoms with van der Waals surface area (Å²) in [6, 6.07) is 12.9. The third kappa shape index (κ3) is 5.84. The molecule has 0 aliphatic carbocycles. The summed E-state index contributed by atoms with van der Waals surface area (Å²) in [7, 11) is 3.70. The molecule has 1 atom stereocenters. The first kappa shape index (κ1) is 24.8. The highest BCUT2D eigenvalue weighted by atomic mass is 19.1. The van der Waals surface area contributed by atoms with Crippen LogP contribution < -0.4 is 11.3 Å². The molecular formula is C26H24F2N6O2. The van der Waals surface area contributed by atoms with Gasteiger partial charge in [-0.25, -0.2) is 23.4 Å². The molecular weight excluding hydrogens is 466 g/mol. The summed E-state index contributed by atoms with van der Waals surface area (Å²) in [5.41, 5.74) is 7.77. The van der Waals surface area contributed by atoms with Gasteiger partial charge in [0.2, 0.25) is 5.91 Å². The summed E-state index contributed by atoms with van der Waals surface area (Å²) >= 11 is 0. The summed E-state index contributed by atoms with van der Waals surface area (Å²) in [5, 5.41) is 4.29. The Bertz CT molecular complexity index is 1430. The van der Waals surface area contributed by atoms with Crippen LogP contribution in [0.4, 0.5) is 8.78 Å². The lowest BCUT2D eigenvalue weighted by Crippen LogP contribution is -2.26. The topological polar surface area (TPSA) is 107 Å². The Labute approximate surface area is 206 Å². The molecule has 1 unspecified atom stereocenters. The molecule has 2 N–H and O–H groups in total. The molecule has 0 saturated carbocycles. The first-order valence-electron chi connectivity index (χ1n) is 11.1. The van der Waals surface area contributed by atoms with E-state index in [2.05, 4.69) is 15.1 Å². The lowest BCUT2D eigenvalue weighted by atomic mass is 10.1. The van der Waals surface area contributed by atoms with Gasteiger partial charge < -0.3 is 10.6 Å². The second-order valence-electron chi connectivity index (χ2n) is 8.56. The van der Waals surface area contributed by atoms with Crippen LogP contribution >= 0.6 is 0 Å². The van der Waals surface area contributed by atoms with E-state index in [0.717, 1.165) is 34.9 Å². The van der Waals surface area contributed by atoms with Crippen molar-refractivity contribution in [1.29, 1.82) is 0 Å². The number of carbonyl (C=O) groups is 1. The standard InChI is InChI=1S/C26H24F2N6O2/c1-33(2)23(12-24(29)35)19-13-30-26(31-14-19)17-5-3-4-16(8-17)15-34-25(36)7-6-22(32-34)18-9-20(27)11-21(28)10-18/h3-11,13-14,23H,12,15H2,1-2H3,(H2,29,35). The van der Waals surface area contributed by atoms with Crippen molar-refractivity contribution in [3.05, 3.63) is 100 Å². The number of hydrogen-bond acceptors (Lipinski definition) is 6. The molecule has 8 nitrogen and oxygen atoms in total. The molecule has 0 fully saturated rings. The van der Waals surface area contributed by atoms with Crippen molar-refractivity contribution in [1.82, 2.24) is 24.6 Å². The number of aromatic nitrogens is 4. The molecule has 0 aliphatic heterocycles. The number of halogens is 2. The van der Waals surface area contributed by atoms with Gasteiger partial charge in [0, 0.05) is 53.7 Å². The lowest BCUT2D eigenvalue weighted by molar-refractivity contribution is -0.119. The zero-order valence-corrected chi connectivity index (χ0v) is 19.7. The Balaban J connectivity index is 1.59. The highest BCUT2D eigenvalue weighted by Gasteiger charge is 2.18. The van der Waals surface area contributed by atoms with Crippen molar-refractivity contribution < 1.29 is 13.6 Å². The minimum Gasteiger partial charge on any atom is -0.370 e. The number of amides is 1. The molecule has 184 valence electrons. The maximum absolute atomic E-state index is 13.6. The molecule has 0 saturated heterocycles. The average Bonchev–Trinajstić information content (AvgIpc) is 2.83. The van der Waals surface area contributed by atoms with Gasteiger partial charge in [0.25, 0.3) is 5.56 Å². The van der Waals surface area contributed by atoms with Gasteiger partial charge in [-0.1, -0.05) is 18.2 Å². The zero-order chi connectivity index (χ0) is 25.8. The van der Waals surface area contributed by atoms with Crippen LogP contribution in [0.1, 0.15) is 23.6 Å². The molecule has 36 heavy (non-hydrogen) atoms. The third-order valence-corrected chi connectivity index (χ3v) is 5.62. The van der Waals surface area contributed by atoms with E-state index in [1.165, 1.54) is 16.8 Å². The third-order valence-electron chi connectivity index (χ3n) is 5.62. The Morgan fingerprint density at radius 1 is 1.00 bits per heavy atom. The van der Waals surface area contributed by atoms with E-state index in [-0.39, 0.29) is 35.8 Å². The number of carbonyl (C=O) groups excluding carboxylic acids is 1. The fourth-order valence-electron chi connectivity index (χ4n) is 3.85. The highest BCUT2D eigenvalue weighted by molar-refractivity contribution is 5.74. The van der Waals surface area contributed by atoms with Crippen molar-refractivity contribution in [3.63, 3.8) is 0 Å². The van der Waals surface area contributed by atoms with Gasteiger partial charge in [-0.2, -0.15) is 5.10 Å². The number of primary amides is 1. The van der Waals surface area contributed by atoms with Gasteiger partial charge in [-0.15, -0.1) is 0 Å². The quantitative estimate of drug-likeness (QED) is 0.407. The van der Waals surface area contributed by atoms with E-state index in [4.69, 9.17) is 5.73 Å². The maximum Gasteiger partial charge on any atom is 0.267 e. The predicted molar refractivity (Wildman–Crippen MR) is 131 cm³/mol. The lowest BCUT2D eigenvalue weighted by Gasteiger charge is -2.22. The monoisotopic (exact) mass is 490 g/mol. The molecule has 0 aliphatic rings. The molecule has 10 heteroatoms. The van der Waals surface area contributed by atoms with Gasteiger partial charge in [0.15, 0.2) is 5.82 Å². The first-order valence-corrected chi connectivity index (χ1v) is 11.1. The number of nitrogens with two attached hydrogens (primary N) is 1. The molecule has 4 aromatic rings. The second kappa shape index (κ2) is 10.5. The van der Waals surface area contributed by atoms with E-state index < -0.39 is 17.5 Å². The summed E-state index contributed by atoms with van der Waals surface area (Å²) in [4.78, 5) is 34.6. The van der Waals surface area contributed by atoms with Crippen LogP contribution in [-0.2, 0) is 11.3 Å². The number of hydrogen-bond donors (Lipinski definition) is 1. The van der Waals surface area contributed by atoms with Gasteiger partial charge >= 0.3 is 0 Å². The normalized spacial score (nSPS) is 12.0. The molecule has 2 aromatic carbocycles. The predicted octanol–water partition coefficient (Wildman–Crippen LogP) is 3.17. The summed E-state index contributed by atoms with van der Waals surface area (Å²) in [6.07, 6.45) is 3.47. The van der Waals surface area contributed by atoms with Crippen LogP contribution in [0.25, 0.3) is 22.6 Å². The molecule has 1 amide bonds. The first-order chi connectivity index (χ1) is 17.2. The van der Waals surface area contributed by atoms with Gasteiger partial charge in [-0.3, -0.25) is 9.59 Å². The smallest absolute Gasteiger partial charge is 0.267 e. The fraction of sp³-hybridized carbons (Fsp3) is 0.192. The molecule has 0 spiro atoms. The minimum atomic E-state index is -0.727. The number of nitrogens with zero attached hydrogens (tertiary/aromatic N) is 5. The second-order valence-corrected chi connectivity index (χ2v) is 8.56. The van der Waals surface area contributed by atoms with E-state index in [0.29, 0.717) is 5.82 Å². The van der Waals surface area contributed by atoms with Gasteiger partial charge in [-0.05, 0) is 43.9 Å². The highest BCUT2D eigenvalue weighted by Crippen LogP contribution is 2.23. The zero-order valence-electron chi connectivity index (χ0n) is 19.7. The summed E-state index contributed by atoms with van der Waals surface area (Å²) < 4.78 is 28.5. The maximum atomic E-state index is 13.6. The Kier molecular flexibility index (Phi) is 7.25.